The molecule has 0 spiro atoms. The average molecular weight is 344 g/mol. The first kappa shape index (κ1) is 15.9. The maximum Gasteiger partial charge on any atom is 0.270 e. The Kier molecular flexibility index (Phi) is 4.43. The predicted molar refractivity (Wildman–Crippen MR) is 92.0 cm³/mol. The Morgan fingerprint density at radius 1 is 1.29 bits per heavy atom. The van der Waals surface area contributed by atoms with E-state index < -0.39 is 4.92 Å². The fourth-order valence-corrected chi connectivity index (χ4v) is 2.58. The summed E-state index contributed by atoms with van der Waals surface area (Å²) in [6, 6.07) is 11.9. The van der Waals surface area contributed by atoms with Crippen molar-refractivity contribution >= 4 is 23.2 Å². The fraction of sp³-hybridized carbons (Fsp3) is 0.125. The van der Waals surface area contributed by atoms with Crippen molar-refractivity contribution in [3.05, 3.63) is 68.7 Å². The summed E-state index contributed by atoms with van der Waals surface area (Å²) in [5.74, 6) is 0.855. The average Bonchev–Trinajstić information content (AvgIpc) is 3.03. The van der Waals surface area contributed by atoms with Crippen LogP contribution in [0, 0.1) is 17.0 Å². The lowest BCUT2D eigenvalue weighted by Crippen LogP contribution is -2.03. The molecule has 8 heteroatoms. The van der Waals surface area contributed by atoms with Gasteiger partial charge in [-0.25, -0.2) is 5.10 Å². The SMILES string of the molecule is Cc1cccc(Cl)c1CNc1nc(-c2cccc([N+](=O)[O-])c2)n[nH]1. The van der Waals surface area contributed by atoms with Gasteiger partial charge in [-0.05, 0) is 24.1 Å². The van der Waals surface area contributed by atoms with Crippen molar-refractivity contribution in [3.63, 3.8) is 0 Å². The summed E-state index contributed by atoms with van der Waals surface area (Å²) in [6.45, 7) is 2.48. The van der Waals surface area contributed by atoms with Gasteiger partial charge in [0.1, 0.15) is 0 Å². The number of aryl methyl sites for hydroxylation is 1. The zero-order chi connectivity index (χ0) is 17.1. The number of nitro benzene ring substituents is 1. The van der Waals surface area contributed by atoms with E-state index in [1.54, 1.807) is 12.1 Å². The maximum absolute atomic E-state index is 10.8. The minimum atomic E-state index is -0.449. The van der Waals surface area contributed by atoms with E-state index in [4.69, 9.17) is 11.6 Å². The van der Waals surface area contributed by atoms with E-state index in [2.05, 4.69) is 20.5 Å². The molecular weight excluding hydrogens is 330 g/mol. The molecule has 0 unspecified atom stereocenters. The van der Waals surface area contributed by atoms with E-state index in [1.165, 1.54) is 12.1 Å². The predicted octanol–water partition coefficient (Wildman–Crippen LogP) is 3.95. The number of nitrogens with zero attached hydrogens (tertiary/aromatic N) is 3. The van der Waals surface area contributed by atoms with Crippen molar-refractivity contribution in [1.29, 1.82) is 0 Å². The van der Waals surface area contributed by atoms with Gasteiger partial charge in [0.25, 0.3) is 5.69 Å². The number of hydrogen-bond acceptors (Lipinski definition) is 5. The van der Waals surface area contributed by atoms with E-state index in [0.29, 0.717) is 28.9 Å². The van der Waals surface area contributed by atoms with Crippen LogP contribution in [0.1, 0.15) is 11.1 Å². The van der Waals surface area contributed by atoms with Crippen LogP contribution in [0.2, 0.25) is 5.02 Å². The molecule has 0 saturated heterocycles. The second-order valence-corrected chi connectivity index (χ2v) is 5.61. The van der Waals surface area contributed by atoms with Crippen LogP contribution in [0.4, 0.5) is 11.6 Å². The number of aromatic nitrogens is 3. The first-order chi connectivity index (χ1) is 11.5. The maximum atomic E-state index is 10.8. The number of aromatic amines is 1. The molecule has 1 aromatic heterocycles. The highest BCUT2D eigenvalue weighted by molar-refractivity contribution is 6.31. The number of non-ortho nitro benzene ring substituents is 1. The highest BCUT2D eigenvalue weighted by atomic mass is 35.5. The molecule has 0 amide bonds. The third kappa shape index (κ3) is 3.36. The Morgan fingerprint density at radius 2 is 2.08 bits per heavy atom. The Balaban J connectivity index is 1.76. The molecule has 0 aliphatic heterocycles. The first-order valence-electron chi connectivity index (χ1n) is 7.19. The first-order valence-corrected chi connectivity index (χ1v) is 7.57. The molecular formula is C16H14ClN5O2. The molecule has 24 heavy (non-hydrogen) atoms. The van der Waals surface area contributed by atoms with Gasteiger partial charge in [0.15, 0.2) is 5.82 Å². The monoisotopic (exact) mass is 343 g/mol. The van der Waals surface area contributed by atoms with Crippen LogP contribution < -0.4 is 5.32 Å². The topological polar surface area (TPSA) is 96.7 Å². The molecule has 2 aromatic carbocycles. The van der Waals surface area contributed by atoms with E-state index in [0.717, 1.165) is 11.1 Å². The van der Waals surface area contributed by atoms with Gasteiger partial charge in [0.2, 0.25) is 5.95 Å². The Hall–Kier alpha value is -2.93. The number of hydrogen-bond donors (Lipinski definition) is 2. The Morgan fingerprint density at radius 3 is 2.83 bits per heavy atom. The standard InChI is InChI=1S/C16H14ClN5O2/c1-10-4-2-7-14(17)13(10)9-18-16-19-15(20-21-16)11-5-3-6-12(8-11)22(23)24/h2-8H,9H2,1H3,(H2,18,19,20,21). The number of halogens is 1. The molecule has 0 atom stereocenters. The van der Waals surface area contributed by atoms with Crippen molar-refractivity contribution in [1.82, 2.24) is 15.2 Å². The van der Waals surface area contributed by atoms with Crippen molar-refractivity contribution in [3.8, 4) is 11.4 Å². The summed E-state index contributed by atoms with van der Waals surface area (Å²) in [4.78, 5) is 14.7. The molecule has 0 saturated carbocycles. The molecule has 0 aliphatic rings. The van der Waals surface area contributed by atoms with Crippen molar-refractivity contribution in [2.24, 2.45) is 0 Å². The number of nitrogens with one attached hydrogen (secondary N) is 2. The van der Waals surface area contributed by atoms with Gasteiger partial charge < -0.3 is 5.32 Å². The molecule has 2 N–H and O–H groups in total. The lowest BCUT2D eigenvalue weighted by Gasteiger charge is -2.08. The van der Waals surface area contributed by atoms with E-state index in [9.17, 15) is 10.1 Å². The molecule has 0 bridgehead atoms. The van der Waals surface area contributed by atoms with Crippen molar-refractivity contribution in [2.75, 3.05) is 5.32 Å². The molecule has 1 heterocycles. The normalized spacial score (nSPS) is 10.6. The molecule has 0 radical (unpaired) electrons. The zero-order valence-corrected chi connectivity index (χ0v) is 13.5. The van der Waals surface area contributed by atoms with Crippen molar-refractivity contribution < 1.29 is 4.92 Å². The minimum Gasteiger partial charge on any atom is -0.350 e. The van der Waals surface area contributed by atoms with Gasteiger partial charge in [0.05, 0.1) is 4.92 Å². The quantitative estimate of drug-likeness (QED) is 0.540. The van der Waals surface area contributed by atoms with Gasteiger partial charge in [-0.1, -0.05) is 35.9 Å². The van der Waals surface area contributed by atoms with Gasteiger partial charge >= 0.3 is 0 Å². The molecule has 0 fully saturated rings. The number of nitro groups is 1. The smallest absolute Gasteiger partial charge is 0.270 e. The minimum absolute atomic E-state index is 0.00139. The van der Waals surface area contributed by atoms with Gasteiger partial charge in [-0.2, -0.15) is 10.1 Å². The van der Waals surface area contributed by atoms with E-state index in [1.807, 2.05) is 25.1 Å². The van der Waals surface area contributed by atoms with Crippen LogP contribution in [0.5, 0.6) is 0 Å². The van der Waals surface area contributed by atoms with Crippen LogP contribution >= 0.6 is 11.6 Å². The summed E-state index contributed by atoms with van der Waals surface area (Å²) in [6.07, 6.45) is 0. The molecule has 122 valence electrons. The van der Waals surface area contributed by atoms with Crippen LogP contribution in [0.25, 0.3) is 11.4 Å². The van der Waals surface area contributed by atoms with Crippen LogP contribution in [-0.4, -0.2) is 20.1 Å². The van der Waals surface area contributed by atoms with Crippen LogP contribution in [0.15, 0.2) is 42.5 Å². The summed E-state index contributed by atoms with van der Waals surface area (Å²) < 4.78 is 0. The highest BCUT2D eigenvalue weighted by Gasteiger charge is 2.11. The van der Waals surface area contributed by atoms with E-state index >= 15 is 0 Å². The summed E-state index contributed by atoms with van der Waals surface area (Å²) >= 11 is 6.19. The van der Waals surface area contributed by atoms with Crippen LogP contribution in [0.3, 0.4) is 0 Å². The number of H-pyrrole nitrogens is 1. The Bertz CT molecular complexity index is 873. The summed E-state index contributed by atoms with van der Waals surface area (Å²) in [7, 11) is 0. The Labute approximate surface area is 142 Å². The summed E-state index contributed by atoms with van der Waals surface area (Å²) in [5, 5.41) is 21.5. The molecule has 3 aromatic rings. The largest absolute Gasteiger partial charge is 0.350 e. The third-order valence-electron chi connectivity index (χ3n) is 3.59. The van der Waals surface area contributed by atoms with Gasteiger partial charge in [-0.15, -0.1) is 0 Å². The number of anilines is 1. The lowest BCUT2D eigenvalue weighted by molar-refractivity contribution is -0.384. The lowest BCUT2D eigenvalue weighted by atomic mass is 10.1. The molecule has 3 rings (SSSR count). The van der Waals surface area contributed by atoms with E-state index in [-0.39, 0.29) is 5.69 Å². The second kappa shape index (κ2) is 6.67. The molecule has 0 aliphatic carbocycles. The number of benzene rings is 2. The zero-order valence-electron chi connectivity index (χ0n) is 12.8. The highest BCUT2D eigenvalue weighted by Crippen LogP contribution is 2.23. The fourth-order valence-electron chi connectivity index (χ4n) is 2.29. The van der Waals surface area contributed by atoms with Crippen molar-refractivity contribution in [2.45, 2.75) is 13.5 Å². The van der Waals surface area contributed by atoms with Gasteiger partial charge in [-0.3, -0.25) is 10.1 Å². The third-order valence-corrected chi connectivity index (χ3v) is 3.94. The van der Waals surface area contributed by atoms with Crippen LogP contribution in [-0.2, 0) is 6.54 Å². The second-order valence-electron chi connectivity index (χ2n) is 5.20. The van der Waals surface area contributed by atoms with Gasteiger partial charge in [0, 0.05) is 29.3 Å². The molecule has 7 nitrogen and oxygen atoms in total. The number of rotatable bonds is 5. The summed E-state index contributed by atoms with van der Waals surface area (Å²) in [5.41, 5.74) is 2.63.